The molecule has 1 N–H and O–H groups in total. The molecule has 0 saturated heterocycles. The van der Waals surface area contributed by atoms with Crippen LogP contribution in [0.3, 0.4) is 0 Å². The Kier molecular flexibility index (Phi) is 6.24. The molecule has 1 unspecified atom stereocenters. The molecule has 0 fully saturated rings. The fraction of sp³-hybridized carbons (Fsp3) is 0.409. The van der Waals surface area contributed by atoms with E-state index in [-0.39, 0.29) is 18.6 Å². The van der Waals surface area contributed by atoms with Crippen LogP contribution in [0.1, 0.15) is 60.5 Å². The van der Waals surface area contributed by atoms with E-state index in [1.54, 1.807) is 0 Å². The second-order valence-electron chi connectivity index (χ2n) is 7.12. The van der Waals surface area contributed by atoms with Gasteiger partial charge in [-0.05, 0) is 67.5 Å². The van der Waals surface area contributed by atoms with Gasteiger partial charge in [-0.25, -0.2) is 0 Å². The molecule has 2 aromatic rings. The van der Waals surface area contributed by atoms with E-state index in [0.29, 0.717) is 5.92 Å². The molecule has 0 saturated carbocycles. The zero-order chi connectivity index (χ0) is 18.6. The fourth-order valence-electron chi connectivity index (χ4n) is 2.79. The standard InChI is InChI=1S/C22H29NO2/c1-14(2)20-10-7-15(3)11-21(20)25-13-22(24)23-18(6)19-9-8-16(4)17(5)12-19/h7-12,14,18H,13H2,1-6H3,(H,23,24). The lowest BCUT2D eigenvalue weighted by Gasteiger charge is -2.18. The van der Waals surface area contributed by atoms with Crippen LogP contribution in [0.15, 0.2) is 36.4 Å². The van der Waals surface area contributed by atoms with Gasteiger partial charge in [0.1, 0.15) is 5.75 Å². The number of carbonyl (C=O) groups excluding carboxylic acids is 1. The smallest absolute Gasteiger partial charge is 0.258 e. The molecular formula is C22H29NO2. The van der Waals surface area contributed by atoms with E-state index in [9.17, 15) is 4.79 Å². The number of hydrogen-bond acceptors (Lipinski definition) is 2. The maximum Gasteiger partial charge on any atom is 0.258 e. The maximum absolute atomic E-state index is 12.3. The molecule has 25 heavy (non-hydrogen) atoms. The van der Waals surface area contributed by atoms with Crippen molar-refractivity contribution in [2.75, 3.05) is 6.61 Å². The van der Waals surface area contributed by atoms with Gasteiger partial charge in [0.25, 0.3) is 5.91 Å². The van der Waals surface area contributed by atoms with Crippen LogP contribution in [0.2, 0.25) is 0 Å². The van der Waals surface area contributed by atoms with Crippen LogP contribution in [0.4, 0.5) is 0 Å². The van der Waals surface area contributed by atoms with Crippen LogP contribution in [0.5, 0.6) is 5.75 Å². The minimum atomic E-state index is -0.109. The molecule has 0 aliphatic heterocycles. The average Bonchev–Trinajstić information content (AvgIpc) is 2.55. The molecule has 0 spiro atoms. The van der Waals surface area contributed by atoms with Crippen molar-refractivity contribution in [2.45, 2.75) is 53.5 Å². The highest BCUT2D eigenvalue weighted by molar-refractivity contribution is 5.78. The Morgan fingerprint density at radius 1 is 1.00 bits per heavy atom. The summed E-state index contributed by atoms with van der Waals surface area (Å²) < 4.78 is 5.81. The zero-order valence-electron chi connectivity index (χ0n) is 16.1. The van der Waals surface area contributed by atoms with Crippen LogP contribution in [-0.4, -0.2) is 12.5 Å². The minimum Gasteiger partial charge on any atom is -0.483 e. The van der Waals surface area contributed by atoms with Crippen molar-refractivity contribution in [2.24, 2.45) is 0 Å². The molecule has 0 aromatic heterocycles. The van der Waals surface area contributed by atoms with E-state index in [0.717, 1.165) is 22.4 Å². The summed E-state index contributed by atoms with van der Waals surface area (Å²) in [7, 11) is 0. The number of rotatable bonds is 6. The van der Waals surface area contributed by atoms with Crippen LogP contribution in [-0.2, 0) is 4.79 Å². The normalized spacial score (nSPS) is 12.1. The van der Waals surface area contributed by atoms with Crippen LogP contribution in [0.25, 0.3) is 0 Å². The second kappa shape index (κ2) is 8.19. The monoisotopic (exact) mass is 339 g/mol. The lowest BCUT2D eigenvalue weighted by atomic mass is 10.0. The topological polar surface area (TPSA) is 38.3 Å². The highest BCUT2D eigenvalue weighted by Crippen LogP contribution is 2.27. The summed E-state index contributed by atoms with van der Waals surface area (Å²) in [5, 5.41) is 3.01. The lowest BCUT2D eigenvalue weighted by molar-refractivity contribution is -0.123. The molecule has 3 nitrogen and oxygen atoms in total. The molecule has 0 aliphatic rings. The molecule has 1 atom stereocenters. The van der Waals surface area contributed by atoms with Crippen molar-refractivity contribution in [1.29, 1.82) is 0 Å². The first kappa shape index (κ1) is 19.0. The van der Waals surface area contributed by atoms with Gasteiger partial charge < -0.3 is 10.1 Å². The molecule has 2 rings (SSSR count). The van der Waals surface area contributed by atoms with Gasteiger partial charge in [-0.15, -0.1) is 0 Å². The van der Waals surface area contributed by atoms with Crippen LogP contribution in [0, 0.1) is 20.8 Å². The van der Waals surface area contributed by atoms with E-state index in [1.165, 1.54) is 11.1 Å². The molecule has 134 valence electrons. The van der Waals surface area contributed by atoms with E-state index in [4.69, 9.17) is 4.74 Å². The first-order valence-corrected chi connectivity index (χ1v) is 8.87. The van der Waals surface area contributed by atoms with Gasteiger partial charge in [-0.1, -0.05) is 44.2 Å². The SMILES string of the molecule is Cc1ccc(C(C)C)c(OCC(=O)NC(C)c2ccc(C)c(C)c2)c1. The van der Waals surface area contributed by atoms with E-state index < -0.39 is 0 Å². The molecule has 0 heterocycles. The Balaban J connectivity index is 1.99. The number of aryl methyl sites for hydroxylation is 3. The maximum atomic E-state index is 12.3. The Bertz CT molecular complexity index is 750. The fourth-order valence-corrected chi connectivity index (χ4v) is 2.79. The summed E-state index contributed by atoms with van der Waals surface area (Å²) in [5.41, 5.74) is 5.85. The summed E-state index contributed by atoms with van der Waals surface area (Å²) >= 11 is 0. The number of ether oxygens (including phenoxy) is 1. The number of amides is 1. The van der Waals surface area contributed by atoms with Crippen molar-refractivity contribution in [1.82, 2.24) is 5.32 Å². The summed E-state index contributed by atoms with van der Waals surface area (Å²) in [6.07, 6.45) is 0. The van der Waals surface area contributed by atoms with Crippen molar-refractivity contribution in [3.63, 3.8) is 0 Å². The lowest BCUT2D eigenvalue weighted by Crippen LogP contribution is -2.31. The van der Waals surface area contributed by atoms with Crippen molar-refractivity contribution < 1.29 is 9.53 Å². The molecule has 3 heteroatoms. The van der Waals surface area contributed by atoms with Gasteiger partial charge in [0.2, 0.25) is 0 Å². The predicted molar refractivity (Wildman–Crippen MR) is 103 cm³/mol. The Morgan fingerprint density at radius 2 is 1.72 bits per heavy atom. The number of benzene rings is 2. The van der Waals surface area contributed by atoms with Gasteiger partial charge in [-0.3, -0.25) is 4.79 Å². The quantitative estimate of drug-likeness (QED) is 0.805. The van der Waals surface area contributed by atoms with Crippen molar-refractivity contribution >= 4 is 5.91 Å². The van der Waals surface area contributed by atoms with E-state index in [1.807, 2.05) is 19.9 Å². The summed E-state index contributed by atoms with van der Waals surface area (Å²) in [5.74, 6) is 1.04. The Morgan fingerprint density at radius 3 is 2.36 bits per heavy atom. The first-order valence-electron chi connectivity index (χ1n) is 8.87. The highest BCUT2D eigenvalue weighted by atomic mass is 16.5. The second-order valence-corrected chi connectivity index (χ2v) is 7.12. The third-order valence-corrected chi connectivity index (χ3v) is 4.56. The minimum absolute atomic E-state index is 0.0261. The number of hydrogen-bond donors (Lipinski definition) is 1. The number of nitrogens with one attached hydrogen (secondary N) is 1. The molecule has 0 radical (unpaired) electrons. The summed E-state index contributed by atoms with van der Waals surface area (Å²) in [4.78, 5) is 12.3. The third kappa shape index (κ3) is 5.09. The Hall–Kier alpha value is -2.29. The molecular weight excluding hydrogens is 310 g/mol. The van der Waals surface area contributed by atoms with Gasteiger partial charge in [0, 0.05) is 0 Å². The van der Waals surface area contributed by atoms with Gasteiger partial charge in [-0.2, -0.15) is 0 Å². The van der Waals surface area contributed by atoms with Gasteiger partial charge in [0.05, 0.1) is 6.04 Å². The largest absolute Gasteiger partial charge is 0.483 e. The van der Waals surface area contributed by atoms with E-state index >= 15 is 0 Å². The summed E-state index contributed by atoms with van der Waals surface area (Å²) in [6.45, 7) is 12.5. The highest BCUT2D eigenvalue weighted by Gasteiger charge is 2.13. The van der Waals surface area contributed by atoms with Gasteiger partial charge >= 0.3 is 0 Å². The Labute approximate surface area is 151 Å². The average molecular weight is 339 g/mol. The molecule has 0 bridgehead atoms. The van der Waals surface area contributed by atoms with Crippen LogP contribution >= 0.6 is 0 Å². The predicted octanol–water partition coefficient (Wildman–Crippen LogP) is 4.99. The van der Waals surface area contributed by atoms with Crippen molar-refractivity contribution in [3.8, 4) is 5.75 Å². The first-order chi connectivity index (χ1) is 11.8. The zero-order valence-corrected chi connectivity index (χ0v) is 16.1. The van der Waals surface area contributed by atoms with Crippen molar-refractivity contribution in [3.05, 3.63) is 64.2 Å². The third-order valence-electron chi connectivity index (χ3n) is 4.56. The van der Waals surface area contributed by atoms with E-state index in [2.05, 4.69) is 63.3 Å². The molecule has 0 aliphatic carbocycles. The number of carbonyl (C=O) groups is 1. The van der Waals surface area contributed by atoms with Crippen LogP contribution < -0.4 is 10.1 Å². The molecule has 2 aromatic carbocycles. The summed E-state index contributed by atoms with van der Waals surface area (Å²) in [6, 6.07) is 12.4. The molecule has 1 amide bonds. The van der Waals surface area contributed by atoms with Gasteiger partial charge in [0.15, 0.2) is 6.61 Å².